The van der Waals surface area contributed by atoms with Crippen molar-refractivity contribution < 1.29 is 14.3 Å². The minimum absolute atomic E-state index is 0.0641. The molecule has 0 amide bonds. The minimum atomic E-state index is -0.587. The molecular weight excluding hydrogens is 404 g/mol. The molecule has 7 nitrogen and oxygen atoms in total. The molecule has 0 saturated heterocycles. The van der Waals surface area contributed by atoms with E-state index in [0.717, 1.165) is 6.42 Å². The molecule has 1 aromatic carbocycles. The topological polar surface area (TPSA) is 110 Å². The Kier molecular flexibility index (Phi) is 13.4. The lowest BCUT2D eigenvalue weighted by Gasteiger charge is -2.12. The van der Waals surface area contributed by atoms with E-state index in [9.17, 15) is 4.79 Å². The van der Waals surface area contributed by atoms with Gasteiger partial charge in [0.2, 0.25) is 0 Å². The molecule has 0 bridgehead atoms. The second kappa shape index (κ2) is 14.9. The SMILES string of the molecule is C=C(C(=O)OCC)C(/C=C(/Cl)NC)=Nc1cccc(C(C)=N)c1OC.CC/C=C/N. The van der Waals surface area contributed by atoms with E-state index in [4.69, 9.17) is 32.2 Å². The number of para-hydroxylation sites is 1. The summed E-state index contributed by atoms with van der Waals surface area (Å²) in [7, 11) is 3.14. The third-order valence-corrected chi connectivity index (χ3v) is 3.85. The van der Waals surface area contributed by atoms with Gasteiger partial charge in [0.25, 0.3) is 0 Å². The van der Waals surface area contributed by atoms with Crippen molar-refractivity contribution in [3.05, 3.63) is 59.4 Å². The summed E-state index contributed by atoms with van der Waals surface area (Å²) in [6.45, 7) is 9.38. The Morgan fingerprint density at radius 3 is 2.50 bits per heavy atom. The lowest BCUT2D eigenvalue weighted by molar-refractivity contribution is -0.137. The van der Waals surface area contributed by atoms with Crippen LogP contribution in [0.1, 0.15) is 32.8 Å². The van der Waals surface area contributed by atoms with Crippen LogP contribution in [-0.2, 0) is 9.53 Å². The number of nitrogens with zero attached hydrogens (tertiary/aromatic N) is 1. The molecule has 0 aliphatic heterocycles. The summed E-state index contributed by atoms with van der Waals surface area (Å²) in [6, 6.07) is 5.23. The van der Waals surface area contributed by atoms with Gasteiger partial charge < -0.3 is 25.9 Å². The number of carbonyl (C=O) groups excluding carboxylic acids is 1. The number of aliphatic imine (C=N–C) groups is 1. The van der Waals surface area contributed by atoms with Crippen LogP contribution >= 0.6 is 11.6 Å². The first-order chi connectivity index (χ1) is 14.3. The van der Waals surface area contributed by atoms with E-state index in [2.05, 4.69) is 16.9 Å². The highest BCUT2D eigenvalue weighted by Gasteiger charge is 2.16. The Morgan fingerprint density at radius 2 is 2.07 bits per heavy atom. The Hall–Kier alpha value is -3.06. The van der Waals surface area contributed by atoms with Crippen LogP contribution in [0.25, 0.3) is 0 Å². The molecule has 0 aromatic heterocycles. The zero-order chi connectivity index (χ0) is 23.1. The molecule has 0 fully saturated rings. The van der Waals surface area contributed by atoms with Gasteiger partial charge in [-0.1, -0.05) is 37.2 Å². The first-order valence-electron chi connectivity index (χ1n) is 9.36. The van der Waals surface area contributed by atoms with E-state index >= 15 is 0 Å². The van der Waals surface area contributed by atoms with E-state index in [-0.39, 0.29) is 23.0 Å². The standard InChI is InChI=1S/C18H22ClN3O3.C4H9N/c1-6-25-18(23)11(2)15(10-16(19)21-4)22-14-9-7-8-13(12(3)20)17(14)24-5;1-2-3-4-5/h7-10,20-21H,2,6H2,1,3-5H3;3-4H,2,5H2,1H3/b16-10-,20-12?,22-15?;4-3+. The zero-order valence-electron chi connectivity index (χ0n) is 18.2. The Balaban J connectivity index is 0.00000150. The molecule has 0 aliphatic carbocycles. The van der Waals surface area contributed by atoms with E-state index in [0.29, 0.717) is 22.7 Å². The number of hydrogen-bond donors (Lipinski definition) is 3. The van der Waals surface area contributed by atoms with Crippen molar-refractivity contribution in [2.75, 3.05) is 20.8 Å². The summed E-state index contributed by atoms with van der Waals surface area (Å²) >= 11 is 6.02. The number of methoxy groups -OCH3 is 1. The summed E-state index contributed by atoms with van der Waals surface area (Å²) in [4.78, 5) is 16.5. The maximum Gasteiger partial charge on any atom is 0.339 e. The maximum atomic E-state index is 12.0. The van der Waals surface area contributed by atoms with Crippen molar-refractivity contribution in [3.8, 4) is 5.75 Å². The number of nitrogens with one attached hydrogen (secondary N) is 2. The number of allylic oxidation sites excluding steroid dienone is 2. The van der Waals surface area contributed by atoms with Gasteiger partial charge in [0.1, 0.15) is 10.8 Å². The van der Waals surface area contributed by atoms with Gasteiger partial charge >= 0.3 is 5.97 Å². The molecule has 4 N–H and O–H groups in total. The van der Waals surface area contributed by atoms with Crippen LogP contribution in [0.4, 0.5) is 5.69 Å². The van der Waals surface area contributed by atoms with Gasteiger partial charge in [-0.05, 0) is 44.7 Å². The minimum Gasteiger partial charge on any atom is -0.494 e. The van der Waals surface area contributed by atoms with Crippen LogP contribution < -0.4 is 15.8 Å². The summed E-state index contributed by atoms with van der Waals surface area (Å²) in [5, 5.41) is 10.9. The number of ether oxygens (including phenoxy) is 2. The van der Waals surface area contributed by atoms with Crippen molar-refractivity contribution in [2.24, 2.45) is 10.7 Å². The largest absolute Gasteiger partial charge is 0.494 e. The van der Waals surface area contributed by atoms with Crippen molar-refractivity contribution in [2.45, 2.75) is 27.2 Å². The van der Waals surface area contributed by atoms with Gasteiger partial charge in [-0.25, -0.2) is 9.79 Å². The van der Waals surface area contributed by atoms with Crippen molar-refractivity contribution >= 4 is 34.7 Å². The molecule has 1 rings (SSSR count). The van der Waals surface area contributed by atoms with E-state index in [1.54, 1.807) is 45.3 Å². The molecule has 0 spiro atoms. The summed E-state index contributed by atoms with van der Waals surface area (Å²) in [5.74, 6) is -0.158. The average Bonchev–Trinajstić information content (AvgIpc) is 2.73. The number of benzene rings is 1. The summed E-state index contributed by atoms with van der Waals surface area (Å²) < 4.78 is 10.4. The summed E-state index contributed by atoms with van der Waals surface area (Å²) in [6.07, 6.45) is 5.97. The monoisotopic (exact) mass is 434 g/mol. The van der Waals surface area contributed by atoms with Crippen molar-refractivity contribution in [1.82, 2.24) is 5.32 Å². The molecule has 0 radical (unpaired) electrons. The van der Waals surface area contributed by atoms with Crippen molar-refractivity contribution in [1.29, 1.82) is 5.41 Å². The van der Waals surface area contributed by atoms with Crippen LogP contribution in [0.15, 0.2) is 58.9 Å². The van der Waals surface area contributed by atoms with Crippen molar-refractivity contribution in [3.63, 3.8) is 0 Å². The smallest absolute Gasteiger partial charge is 0.339 e. The molecule has 1 aromatic rings. The number of halogens is 1. The van der Waals surface area contributed by atoms with E-state index in [1.807, 2.05) is 13.0 Å². The molecule has 164 valence electrons. The third-order valence-electron chi connectivity index (χ3n) is 3.55. The van der Waals surface area contributed by atoms with E-state index < -0.39 is 5.97 Å². The molecule has 8 heteroatoms. The molecule has 0 saturated carbocycles. The van der Waals surface area contributed by atoms with Crippen LogP contribution in [0.5, 0.6) is 5.75 Å². The lowest BCUT2D eigenvalue weighted by atomic mass is 10.1. The number of hydrogen-bond acceptors (Lipinski definition) is 7. The van der Waals surface area contributed by atoms with Gasteiger partial charge in [-0.15, -0.1) is 0 Å². The van der Waals surface area contributed by atoms with Crippen LogP contribution in [0.2, 0.25) is 0 Å². The second-order valence-electron chi connectivity index (χ2n) is 5.76. The fourth-order valence-corrected chi connectivity index (χ4v) is 2.19. The second-order valence-corrected chi connectivity index (χ2v) is 6.16. The van der Waals surface area contributed by atoms with Gasteiger partial charge in [0.05, 0.1) is 25.0 Å². The molecule has 0 atom stereocenters. The van der Waals surface area contributed by atoms with Crippen LogP contribution in [0.3, 0.4) is 0 Å². The molecule has 0 heterocycles. The quantitative estimate of drug-likeness (QED) is 0.230. The number of carbonyl (C=O) groups is 1. The predicted molar refractivity (Wildman–Crippen MR) is 125 cm³/mol. The Labute approximate surface area is 183 Å². The predicted octanol–water partition coefficient (Wildman–Crippen LogP) is 4.44. The fraction of sp³-hybridized carbons (Fsp3) is 0.318. The first kappa shape index (κ1) is 26.9. The zero-order valence-corrected chi connectivity index (χ0v) is 19.0. The molecular formula is C22H31ClN4O3. The molecule has 0 unspecified atom stereocenters. The highest BCUT2D eigenvalue weighted by atomic mass is 35.5. The number of nitrogens with two attached hydrogens (primary N) is 1. The number of esters is 1. The normalized spacial score (nSPS) is 11.4. The van der Waals surface area contributed by atoms with Gasteiger partial charge in [0, 0.05) is 18.3 Å². The van der Waals surface area contributed by atoms with Gasteiger partial charge in [0.15, 0.2) is 5.75 Å². The third kappa shape index (κ3) is 8.96. The Bertz CT molecular complexity index is 830. The Morgan fingerprint density at radius 1 is 1.40 bits per heavy atom. The van der Waals surface area contributed by atoms with Gasteiger partial charge in [-0.3, -0.25) is 0 Å². The van der Waals surface area contributed by atoms with Gasteiger partial charge in [-0.2, -0.15) is 0 Å². The molecule has 0 aliphatic rings. The van der Waals surface area contributed by atoms with Crippen LogP contribution in [-0.4, -0.2) is 38.2 Å². The maximum absolute atomic E-state index is 12.0. The average molecular weight is 435 g/mol. The highest BCUT2D eigenvalue weighted by Crippen LogP contribution is 2.32. The first-order valence-corrected chi connectivity index (χ1v) is 9.74. The summed E-state index contributed by atoms with van der Waals surface area (Å²) in [5.41, 5.74) is 6.64. The molecule has 30 heavy (non-hydrogen) atoms. The van der Waals surface area contributed by atoms with Crippen LogP contribution in [0, 0.1) is 5.41 Å². The number of rotatable bonds is 9. The lowest BCUT2D eigenvalue weighted by Crippen LogP contribution is -2.15. The van der Waals surface area contributed by atoms with E-state index in [1.165, 1.54) is 13.2 Å². The fourth-order valence-electron chi connectivity index (χ4n) is 2.09. The highest BCUT2D eigenvalue weighted by molar-refractivity contribution is 6.33.